The van der Waals surface area contributed by atoms with Crippen LogP contribution in [0.15, 0.2) is 42.5 Å². The highest BCUT2D eigenvalue weighted by Crippen LogP contribution is 2.17. The number of hydrogen-bond donors (Lipinski definition) is 1. The zero-order valence-corrected chi connectivity index (χ0v) is 14.9. The van der Waals surface area contributed by atoms with E-state index in [2.05, 4.69) is 5.32 Å². The van der Waals surface area contributed by atoms with E-state index in [-0.39, 0.29) is 5.91 Å². The van der Waals surface area contributed by atoms with Crippen molar-refractivity contribution < 1.29 is 9.53 Å². The number of rotatable bonds is 7. The molecule has 0 aromatic heterocycles. The topological polar surface area (TPSA) is 41.6 Å². The van der Waals surface area contributed by atoms with Crippen LogP contribution < -0.4 is 10.1 Å². The molecule has 0 aliphatic carbocycles. The largest absolute Gasteiger partial charge is 0.492 e. The maximum Gasteiger partial charge on any atom is 0.238 e. The molecule has 0 saturated carbocycles. The van der Waals surface area contributed by atoms with Gasteiger partial charge in [-0.15, -0.1) is 0 Å². The third kappa shape index (κ3) is 5.39. The van der Waals surface area contributed by atoms with E-state index >= 15 is 0 Å². The number of amides is 1. The Bertz CT molecular complexity index is 698. The van der Waals surface area contributed by atoms with Gasteiger partial charge in [0.05, 0.1) is 6.54 Å². The molecule has 24 heavy (non-hydrogen) atoms. The first kappa shape index (κ1) is 18.0. The van der Waals surface area contributed by atoms with E-state index in [1.807, 2.05) is 75.2 Å². The van der Waals surface area contributed by atoms with Gasteiger partial charge >= 0.3 is 0 Å². The van der Waals surface area contributed by atoms with E-state index in [9.17, 15) is 4.79 Å². The molecule has 2 aromatic carbocycles. The molecule has 128 valence electrons. The fourth-order valence-electron chi connectivity index (χ4n) is 2.42. The van der Waals surface area contributed by atoms with Crippen LogP contribution in [0.2, 0.25) is 0 Å². The van der Waals surface area contributed by atoms with Crippen LogP contribution in [0.5, 0.6) is 5.75 Å². The molecule has 0 heterocycles. The number of nitrogens with zero attached hydrogens (tertiary/aromatic N) is 1. The lowest BCUT2D eigenvalue weighted by Crippen LogP contribution is -2.33. The zero-order chi connectivity index (χ0) is 17.5. The summed E-state index contributed by atoms with van der Waals surface area (Å²) < 4.78 is 5.72. The van der Waals surface area contributed by atoms with E-state index < -0.39 is 0 Å². The number of nitrogens with one attached hydrogen (secondary N) is 1. The maximum absolute atomic E-state index is 12.2. The van der Waals surface area contributed by atoms with Crippen LogP contribution >= 0.6 is 0 Å². The monoisotopic (exact) mass is 326 g/mol. The molecule has 4 heteroatoms. The molecular formula is C20H26N2O2. The van der Waals surface area contributed by atoms with Crippen molar-refractivity contribution in [2.24, 2.45) is 0 Å². The van der Waals surface area contributed by atoms with Crippen molar-refractivity contribution in [2.75, 3.05) is 32.1 Å². The molecule has 0 spiro atoms. The van der Waals surface area contributed by atoms with Crippen molar-refractivity contribution in [3.05, 3.63) is 59.2 Å². The van der Waals surface area contributed by atoms with Gasteiger partial charge < -0.3 is 10.1 Å². The molecule has 1 N–H and O–H groups in total. The molecule has 1 amide bonds. The maximum atomic E-state index is 12.2. The normalized spacial score (nSPS) is 10.7. The summed E-state index contributed by atoms with van der Waals surface area (Å²) >= 11 is 0. The summed E-state index contributed by atoms with van der Waals surface area (Å²) in [5.41, 5.74) is 4.34. The minimum absolute atomic E-state index is 0.0123. The third-order valence-electron chi connectivity index (χ3n) is 4.02. The first-order valence-electron chi connectivity index (χ1n) is 8.20. The van der Waals surface area contributed by atoms with Crippen LogP contribution in [0.25, 0.3) is 0 Å². The summed E-state index contributed by atoms with van der Waals surface area (Å²) in [7, 11) is 1.92. The number of benzene rings is 2. The summed E-state index contributed by atoms with van der Waals surface area (Å²) in [5.74, 6) is 0.852. The summed E-state index contributed by atoms with van der Waals surface area (Å²) in [6.45, 7) is 7.68. The highest BCUT2D eigenvalue weighted by molar-refractivity contribution is 5.93. The Labute approximate surface area is 144 Å². The molecule has 0 bridgehead atoms. The third-order valence-corrected chi connectivity index (χ3v) is 4.02. The van der Waals surface area contributed by atoms with E-state index in [1.54, 1.807) is 0 Å². The summed E-state index contributed by atoms with van der Waals surface area (Å²) in [6.07, 6.45) is 0. The second-order valence-corrected chi connectivity index (χ2v) is 6.20. The lowest BCUT2D eigenvalue weighted by atomic mass is 10.1. The quantitative estimate of drug-likeness (QED) is 0.846. The molecule has 0 aliphatic rings. The van der Waals surface area contributed by atoms with Gasteiger partial charge in [-0.3, -0.25) is 9.69 Å². The van der Waals surface area contributed by atoms with Gasteiger partial charge in [-0.1, -0.05) is 24.3 Å². The van der Waals surface area contributed by atoms with Gasteiger partial charge in [-0.05, 0) is 62.7 Å². The van der Waals surface area contributed by atoms with Crippen molar-refractivity contribution in [1.82, 2.24) is 4.90 Å². The van der Waals surface area contributed by atoms with Crippen molar-refractivity contribution in [2.45, 2.75) is 20.8 Å². The highest BCUT2D eigenvalue weighted by Gasteiger charge is 2.09. The molecule has 0 atom stereocenters. The number of carbonyl (C=O) groups is 1. The van der Waals surface area contributed by atoms with Crippen LogP contribution in [0, 0.1) is 20.8 Å². The Hall–Kier alpha value is -2.33. The first-order valence-corrected chi connectivity index (χ1v) is 8.20. The smallest absolute Gasteiger partial charge is 0.238 e. The Kier molecular flexibility index (Phi) is 6.38. The van der Waals surface area contributed by atoms with Crippen molar-refractivity contribution in [3.8, 4) is 5.75 Å². The fourth-order valence-corrected chi connectivity index (χ4v) is 2.42. The van der Waals surface area contributed by atoms with Gasteiger partial charge in [0, 0.05) is 12.2 Å². The minimum Gasteiger partial charge on any atom is -0.492 e. The van der Waals surface area contributed by atoms with Crippen LogP contribution in [0.4, 0.5) is 5.69 Å². The summed E-state index contributed by atoms with van der Waals surface area (Å²) in [5, 5.41) is 2.98. The predicted molar refractivity (Wildman–Crippen MR) is 98.7 cm³/mol. The van der Waals surface area contributed by atoms with Gasteiger partial charge in [0.1, 0.15) is 12.4 Å². The Balaban J connectivity index is 1.76. The van der Waals surface area contributed by atoms with Crippen molar-refractivity contribution in [1.29, 1.82) is 0 Å². The first-order chi connectivity index (χ1) is 11.5. The summed E-state index contributed by atoms with van der Waals surface area (Å²) in [4.78, 5) is 14.1. The van der Waals surface area contributed by atoms with Gasteiger partial charge in [0.2, 0.25) is 5.91 Å². The second kappa shape index (κ2) is 8.50. The molecule has 4 nitrogen and oxygen atoms in total. The lowest BCUT2D eigenvalue weighted by Gasteiger charge is -2.17. The van der Waals surface area contributed by atoms with Gasteiger partial charge in [0.15, 0.2) is 0 Å². The van der Waals surface area contributed by atoms with Crippen LogP contribution in [-0.2, 0) is 4.79 Å². The molecular weight excluding hydrogens is 300 g/mol. The molecule has 0 fully saturated rings. The average molecular weight is 326 g/mol. The second-order valence-electron chi connectivity index (χ2n) is 6.20. The number of aryl methyl sites for hydroxylation is 2. The van der Waals surface area contributed by atoms with Gasteiger partial charge in [-0.2, -0.15) is 0 Å². The SMILES string of the molecule is Cc1cccc(OCCN(C)CC(=O)Nc2cccc(C)c2C)c1. The van der Waals surface area contributed by atoms with Crippen LogP contribution in [0.1, 0.15) is 16.7 Å². The number of carbonyl (C=O) groups excluding carboxylic acids is 1. The van der Waals surface area contributed by atoms with E-state index in [0.29, 0.717) is 19.7 Å². The van der Waals surface area contributed by atoms with E-state index in [4.69, 9.17) is 4.74 Å². The minimum atomic E-state index is -0.0123. The van der Waals surface area contributed by atoms with Crippen molar-refractivity contribution >= 4 is 11.6 Å². The lowest BCUT2D eigenvalue weighted by molar-refractivity contribution is -0.117. The van der Waals surface area contributed by atoms with Gasteiger partial charge in [-0.25, -0.2) is 0 Å². The van der Waals surface area contributed by atoms with E-state index in [0.717, 1.165) is 17.0 Å². The zero-order valence-electron chi connectivity index (χ0n) is 14.9. The molecule has 2 aromatic rings. The fraction of sp³-hybridized carbons (Fsp3) is 0.350. The molecule has 0 unspecified atom stereocenters. The predicted octanol–water partition coefficient (Wildman–Crippen LogP) is 3.56. The van der Waals surface area contributed by atoms with Crippen LogP contribution in [0.3, 0.4) is 0 Å². The summed E-state index contributed by atoms with van der Waals surface area (Å²) in [6, 6.07) is 13.9. The molecule has 0 saturated heterocycles. The number of likely N-dealkylation sites (N-methyl/N-ethyl adjacent to an activating group) is 1. The number of hydrogen-bond acceptors (Lipinski definition) is 3. The van der Waals surface area contributed by atoms with E-state index in [1.165, 1.54) is 11.1 Å². The molecule has 0 aliphatic heterocycles. The Morgan fingerprint density at radius 3 is 2.62 bits per heavy atom. The molecule has 0 radical (unpaired) electrons. The standard InChI is InChI=1S/C20H26N2O2/c1-15-7-5-9-18(13-15)24-12-11-22(4)14-20(23)21-19-10-6-8-16(2)17(19)3/h5-10,13H,11-12,14H2,1-4H3,(H,21,23). The van der Waals surface area contributed by atoms with Gasteiger partial charge in [0.25, 0.3) is 0 Å². The average Bonchev–Trinajstić information content (AvgIpc) is 2.52. The highest BCUT2D eigenvalue weighted by atomic mass is 16.5. The molecule has 2 rings (SSSR count). The Morgan fingerprint density at radius 2 is 1.88 bits per heavy atom. The van der Waals surface area contributed by atoms with Crippen LogP contribution in [-0.4, -0.2) is 37.6 Å². The van der Waals surface area contributed by atoms with Crippen molar-refractivity contribution in [3.63, 3.8) is 0 Å². The Morgan fingerprint density at radius 1 is 1.12 bits per heavy atom. The number of ether oxygens (including phenoxy) is 1. The number of anilines is 1.